The number of ether oxygens (including phenoxy) is 1. The van der Waals surface area contributed by atoms with Gasteiger partial charge in [-0.3, -0.25) is 4.79 Å². The van der Waals surface area contributed by atoms with E-state index in [0.717, 1.165) is 17.0 Å². The fourth-order valence-corrected chi connectivity index (χ4v) is 3.20. The zero-order chi connectivity index (χ0) is 18.5. The summed E-state index contributed by atoms with van der Waals surface area (Å²) in [6, 6.07) is 13.6. The Hall–Kier alpha value is -2.79. The fraction of sp³-hybridized carbons (Fsp3) is 0.143. The van der Waals surface area contributed by atoms with Crippen molar-refractivity contribution >= 4 is 34.6 Å². The SMILES string of the molecule is C=CCOc1ccc(C=C2SC(=Nc3ccc(C)c(C)c3)NC2=O)cc1. The van der Waals surface area contributed by atoms with E-state index in [0.29, 0.717) is 16.7 Å². The van der Waals surface area contributed by atoms with Crippen molar-refractivity contribution < 1.29 is 9.53 Å². The lowest BCUT2D eigenvalue weighted by molar-refractivity contribution is -0.115. The Bertz CT molecular complexity index is 899. The number of rotatable bonds is 5. The summed E-state index contributed by atoms with van der Waals surface area (Å²) in [7, 11) is 0. The highest BCUT2D eigenvalue weighted by Gasteiger charge is 2.23. The van der Waals surface area contributed by atoms with Crippen molar-refractivity contribution in [3.05, 3.63) is 76.7 Å². The molecule has 1 heterocycles. The van der Waals surface area contributed by atoms with Gasteiger partial charge in [-0.1, -0.05) is 30.9 Å². The number of thioether (sulfide) groups is 1. The Balaban J connectivity index is 1.74. The number of carbonyl (C=O) groups excluding carboxylic acids is 1. The van der Waals surface area contributed by atoms with Gasteiger partial charge >= 0.3 is 0 Å². The number of benzene rings is 2. The molecule has 0 radical (unpaired) electrons. The van der Waals surface area contributed by atoms with E-state index < -0.39 is 0 Å². The number of hydrogen-bond donors (Lipinski definition) is 1. The molecule has 0 aliphatic carbocycles. The Labute approximate surface area is 157 Å². The Morgan fingerprint density at radius 3 is 2.62 bits per heavy atom. The van der Waals surface area contributed by atoms with Gasteiger partial charge in [0.15, 0.2) is 5.17 Å². The van der Waals surface area contributed by atoms with Gasteiger partial charge in [-0.2, -0.15) is 0 Å². The quantitative estimate of drug-likeness (QED) is 0.615. The maximum atomic E-state index is 12.2. The number of amides is 1. The molecule has 2 aromatic rings. The van der Waals surface area contributed by atoms with Gasteiger partial charge in [-0.25, -0.2) is 4.99 Å². The number of carbonyl (C=O) groups is 1. The molecular formula is C21H20N2O2S. The topological polar surface area (TPSA) is 50.7 Å². The van der Waals surface area contributed by atoms with Gasteiger partial charge < -0.3 is 10.1 Å². The number of hydrogen-bond acceptors (Lipinski definition) is 4. The molecule has 0 spiro atoms. The molecule has 4 nitrogen and oxygen atoms in total. The Morgan fingerprint density at radius 2 is 1.92 bits per heavy atom. The second-order valence-electron chi connectivity index (χ2n) is 5.92. The first-order chi connectivity index (χ1) is 12.5. The monoisotopic (exact) mass is 364 g/mol. The van der Waals surface area contributed by atoms with E-state index in [9.17, 15) is 4.79 Å². The summed E-state index contributed by atoms with van der Waals surface area (Å²) < 4.78 is 5.46. The van der Waals surface area contributed by atoms with Crippen molar-refractivity contribution in [3.63, 3.8) is 0 Å². The van der Waals surface area contributed by atoms with E-state index in [1.165, 1.54) is 22.9 Å². The first-order valence-corrected chi connectivity index (χ1v) is 9.07. The second-order valence-corrected chi connectivity index (χ2v) is 6.95. The van der Waals surface area contributed by atoms with Gasteiger partial charge in [-0.05, 0) is 72.6 Å². The zero-order valence-corrected chi connectivity index (χ0v) is 15.6. The molecule has 5 heteroatoms. The van der Waals surface area contributed by atoms with Crippen molar-refractivity contribution in [1.29, 1.82) is 0 Å². The Kier molecular flexibility index (Phi) is 5.58. The van der Waals surface area contributed by atoms with Gasteiger partial charge in [0, 0.05) is 0 Å². The first kappa shape index (κ1) is 18.0. The van der Waals surface area contributed by atoms with Gasteiger partial charge in [0.05, 0.1) is 10.6 Å². The van der Waals surface area contributed by atoms with Crippen LogP contribution in [0.1, 0.15) is 16.7 Å². The van der Waals surface area contributed by atoms with E-state index in [1.54, 1.807) is 6.08 Å². The molecule has 1 fully saturated rings. The van der Waals surface area contributed by atoms with Crippen molar-refractivity contribution in [2.75, 3.05) is 6.61 Å². The molecule has 3 rings (SSSR count). The summed E-state index contributed by atoms with van der Waals surface area (Å²) in [5, 5.41) is 3.41. The van der Waals surface area contributed by atoms with Crippen molar-refractivity contribution in [2.45, 2.75) is 13.8 Å². The standard InChI is InChI=1S/C21H20N2O2S/c1-4-11-25-18-9-6-16(7-10-18)13-19-20(24)23-21(26-19)22-17-8-5-14(2)15(3)12-17/h4-10,12-13H,1,11H2,2-3H3,(H,22,23,24). The van der Waals surface area contributed by atoms with Crippen LogP contribution in [-0.2, 0) is 4.79 Å². The lowest BCUT2D eigenvalue weighted by atomic mass is 10.1. The minimum atomic E-state index is -0.135. The number of nitrogens with one attached hydrogen (secondary N) is 1. The van der Waals surface area contributed by atoms with Crippen LogP contribution in [0.25, 0.3) is 6.08 Å². The van der Waals surface area contributed by atoms with E-state index in [-0.39, 0.29) is 5.91 Å². The lowest BCUT2D eigenvalue weighted by Gasteiger charge is -2.03. The van der Waals surface area contributed by atoms with Crippen LogP contribution >= 0.6 is 11.8 Å². The molecule has 0 saturated carbocycles. The maximum absolute atomic E-state index is 12.2. The summed E-state index contributed by atoms with van der Waals surface area (Å²) in [5.74, 6) is 0.636. The normalized spacial score (nSPS) is 16.8. The highest BCUT2D eigenvalue weighted by atomic mass is 32.2. The van der Waals surface area contributed by atoms with Crippen LogP contribution in [0, 0.1) is 13.8 Å². The molecular weight excluding hydrogens is 344 g/mol. The third-order valence-electron chi connectivity index (χ3n) is 3.92. The number of nitrogens with zero attached hydrogens (tertiary/aromatic N) is 1. The average molecular weight is 364 g/mol. The van der Waals surface area contributed by atoms with Crippen molar-refractivity contribution in [1.82, 2.24) is 5.32 Å². The van der Waals surface area contributed by atoms with Gasteiger partial charge in [0.1, 0.15) is 12.4 Å². The summed E-state index contributed by atoms with van der Waals surface area (Å²) >= 11 is 1.34. The summed E-state index contributed by atoms with van der Waals surface area (Å²) in [6.07, 6.45) is 3.55. The van der Waals surface area contributed by atoms with Crippen LogP contribution in [0.3, 0.4) is 0 Å². The lowest BCUT2D eigenvalue weighted by Crippen LogP contribution is -2.19. The van der Waals surface area contributed by atoms with E-state index in [2.05, 4.69) is 23.8 Å². The van der Waals surface area contributed by atoms with Gasteiger partial charge in [0.2, 0.25) is 0 Å². The van der Waals surface area contributed by atoms with Crippen LogP contribution in [0.4, 0.5) is 5.69 Å². The van der Waals surface area contributed by atoms with Crippen LogP contribution < -0.4 is 10.1 Å². The van der Waals surface area contributed by atoms with Gasteiger partial charge in [0.25, 0.3) is 5.91 Å². The number of aliphatic imine (C=N–C) groups is 1. The third-order valence-corrected chi connectivity index (χ3v) is 4.83. The number of aryl methyl sites for hydroxylation is 2. The Morgan fingerprint density at radius 1 is 1.15 bits per heavy atom. The van der Waals surface area contributed by atoms with Crippen molar-refractivity contribution in [2.24, 2.45) is 4.99 Å². The molecule has 1 amide bonds. The number of amidine groups is 1. The van der Waals surface area contributed by atoms with Crippen LogP contribution in [0.5, 0.6) is 5.75 Å². The smallest absolute Gasteiger partial charge is 0.264 e. The summed E-state index contributed by atoms with van der Waals surface area (Å²) in [6.45, 7) is 8.20. The highest BCUT2D eigenvalue weighted by molar-refractivity contribution is 8.18. The molecule has 1 saturated heterocycles. The molecule has 1 aliphatic heterocycles. The predicted molar refractivity (Wildman–Crippen MR) is 109 cm³/mol. The van der Waals surface area contributed by atoms with Crippen LogP contribution in [-0.4, -0.2) is 17.7 Å². The molecule has 0 atom stereocenters. The van der Waals surface area contributed by atoms with Crippen LogP contribution in [0.2, 0.25) is 0 Å². The van der Waals surface area contributed by atoms with Gasteiger partial charge in [-0.15, -0.1) is 0 Å². The minimum absolute atomic E-state index is 0.135. The molecule has 132 valence electrons. The molecule has 1 aliphatic rings. The molecule has 2 aromatic carbocycles. The fourth-order valence-electron chi connectivity index (χ4n) is 2.36. The molecule has 0 unspecified atom stereocenters. The second kappa shape index (κ2) is 8.06. The maximum Gasteiger partial charge on any atom is 0.264 e. The zero-order valence-electron chi connectivity index (χ0n) is 14.8. The van der Waals surface area contributed by atoms with Crippen LogP contribution in [0.15, 0.2) is 65.0 Å². The largest absolute Gasteiger partial charge is 0.490 e. The minimum Gasteiger partial charge on any atom is -0.490 e. The van der Waals surface area contributed by atoms with E-state index in [1.807, 2.05) is 55.5 Å². The summed E-state index contributed by atoms with van der Waals surface area (Å²) in [4.78, 5) is 17.3. The molecule has 26 heavy (non-hydrogen) atoms. The van der Waals surface area contributed by atoms with E-state index in [4.69, 9.17) is 4.74 Å². The first-order valence-electron chi connectivity index (χ1n) is 8.26. The summed E-state index contributed by atoms with van der Waals surface area (Å²) in [5.41, 5.74) is 4.16. The van der Waals surface area contributed by atoms with Crippen molar-refractivity contribution in [3.8, 4) is 5.75 Å². The third kappa shape index (κ3) is 4.43. The molecule has 0 bridgehead atoms. The predicted octanol–water partition coefficient (Wildman–Crippen LogP) is 4.76. The molecule has 1 N–H and O–H groups in total. The highest BCUT2D eigenvalue weighted by Crippen LogP contribution is 2.29. The average Bonchev–Trinajstić information content (AvgIpc) is 2.96. The molecule has 0 aromatic heterocycles. The van der Waals surface area contributed by atoms with E-state index >= 15 is 0 Å².